The molecule has 0 atom stereocenters. The van der Waals surface area contributed by atoms with Crippen LogP contribution in [0.5, 0.6) is 0 Å². The fraction of sp³-hybridized carbons (Fsp3) is 0.0714. The Kier molecular flexibility index (Phi) is 3.01. The zero-order chi connectivity index (χ0) is 11.4. The van der Waals surface area contributed by atoms with Crippen molar-refractivity contribution in [3.63, 3.8) is 0 Å². The van der Waals surface area contributed by atoms with Crippen LogP contribution < -0.4 is 5.73 Å². The van der Waals surface area contributed by atoms with Crippen molar-refractivity contribution in [1.29, 1.82) is 0 Å². The molecule has 2 aromatic rings. The molecule has 80 valence electrons. The smallest absolute Gasteiger partial charge is 0.0625 e. The highest BCUT2D eigenvalue weighted by atomic mass is 14.7. The molecule has 0 unspecified atom stereocenters. The number of nitrogens with two attached hydrogens (primary N) is 1. The van der Waals surface area contributed by atoms with Gasteiger partial charge in [-0.2, -0.15) is 0 Å². The largest absolute Gasteiger partial charge is 0.399 e. The third-order valence-corrected chi connectivity index (χ3v) is 2.39. The Morgan fingerprint density at radius 3 is 1.88 bits per heavy atom. The summed E-state index contributed by atoms with van der Waals surface area (Å²) in [6.07, 6.45) is 1.79. The maximum absolute atomic E-state index is 5.65. The molecule has 2 heteroatoms. The molecule has 0 bridgehead atoms. The molecule has 0 heterocycles. The van der Waals surface area contributed by atoms with Gasteiger partial charge >= 0.3 is 0 Å². The van der Waals surface area contributed by atoms with Crippen LogP contribution in [0.15, 0.2) is 53.5 Å². The van der Waals surface area contributed by atoms with Crippen LogP contribution in [0.1, 0.15) is 6.92 Å². The summed E-state index contributed by atoms with van der Waals surface area (Å²) in [5.74, 6) is 0. The van der Waals surface area contributed by atoms with E-state index in [1.807, 2.05) is 43.3 Å². The van der Waals surface area contributed by atoms with Gasteiger partial charge in [0, 0.05) is 11.9 Å². The topological polar surface area (TPSA) is 38.4 Å². The Labute approximate surface area is 95.5 Å². The third-order valence-electron chi connectivity index (χ3n) is 2.39. The molecule has 2 rings (SSSR count). The number of benzene rings is 2. The molecular weight excluding hydrogens is 196 g/mol. The van der Waals surface area contributed by atoms with E-state index in [1.54, 1.807) is 6.21 Å². The number of nitrogens with zero attached hydrogens (tertiary/aromatic N) is 1. The highest BCUT2D eigenvalue weighted by Gasteiger charge is 1.96. The lowest BCUT2D eigenvalue weighted by molar-refractivity contribution is 1.52. The Morgan fingerprint density at radius 1 is 0.875 bits per heavy atom. The zero-order valence-electron chi connectivity index (χ0n) is 9.22. The van der Waals surface area contributed by atoms with E-state index in [1.165, 1.54) is 11.1 Å². The van der Waals surface area contributed by atoms with Crippen molar-refractivity contribution in [2.24, 2.45) is 4.99 Å². The minimum Gasteiger partial charge on any atom is -0.399 e. The lowest BCUT2D eigenvalue weighted by Crippen LogP contribution is -1.83. The van der Waals surface area contributed by atoms with Gasteiger partial charge in [-0.05, 0) is 42.3 Å². The first kappa shape index (κ1) is 10.4. The van der Waals surface area contributed by atoms with Gasteiger partial charge in [-0.25, -0.2) is 0 Å². The lowest BCUT2D eigenvalue weighted by atomic mass is 10.1. The van der Waals surface area contributed by atoms with E-state index in [2.05, 4.69) is 17.1 Å². The third kappa shape index (κ3) is 2.28. The second-order valence-corrected chi connectivity index (χ2v) is 3.56. The van der Waals surface area contributed by atoms with Crippen LogP contribution in [0.25, 0.3) is 11.1 Å². The van der Waals surface area contributed by atoms with E-state index in [0.29, 0.717) is 0 Å². The SMILES string of the molecule is C/C=N\c1ccc(-c2ccc(N)cc2)cc1. The molecule has 0 radical (unpaired) electrons. The number of nitrogen functional groups attached to an aromatic ring is 1. The molecular formula is C14H14N2. The highest BCUT2D eigenvalue weighted by molar-refractivity contribution is 5.68. The molecule has 2 N–H and O–H groups in total. The average Bonchev–Trinajstić information content (AvgIpc) is 2.32. The molecule has 0 saturated heterocycles. The molecule has 16 heavy (non-hydrogen) atoms. The standard InChI is InChI=1S/C14H14N2/c1-2-16-14-9-5-12(6-10-14)11-3-7-13(15)8-4-11/h2-10H,15H2,1H3/b16-2-. The number of anilines is 1. The van der Waals surface area contributed by atoms with E-state index >= 15 is 0 Å². The minimum atomic E-state index is 0.788. The van der Waals surface area contributed by atoms with E-state index < -0.39 is 0 Å². The van der Waals surface area contributed by atoms with Crippen molar-refractivity contribution in [2.75, 3.05) is 5.73 Å². The summed E-state index contributed by atoms with van der Waals surface area (Å²) in [6.45, 7) is 1.91. The van der Waals surface area contributed by atoms with Crippen LogP contribution in [0, 0.1) is 0 Å². The molecule has 0 aliphatic heterocycles. The predicted molar refractivity (Wildman–Crippen MR) is 70.1 cm³/mol. The lowest BCUT2D eigenvalue weighted by Gasteiger charge is -2.02. The predicted octanol–water partition coefficient (Wildman–Crippen LogP) is 3.66. The van der Waals surface area contributed by atoms with Crippen LogP contribution in [-0.2, 0) is 0 Å². The van der Waals surface area contributed by atoms with Crippen LogP contribution in [-0.4, -0.2) is 6.21 Å². The maximum atomic E-state index is 5.65. The van der Waals surface area contributed by atoms with E-state index in [9.17, 15) is 0 Å². The quantitative estimate of drug-likeness (QED) is 0.596. The molecule has 0 saturated carbocycles. The summed E-state index contributed by atoms with van der Waals surface area (Å²) in [5, 5.41) is 0. The van der Waals surface area contributed by atoms with Gasteiger partial charge in [0.05, 0.1) is 5.69 Å². The van der Waals surface area contributed by atoms with Crippen LogP contribution in [0.4, 0.5) is 11.4 Å². The Hall–Kier alpha value is -2.09. The fourth-order valence-electron chi connectivity index (χ4n) is 1.56. The van der Waals surface area contributed by atoms with Crippen molar-refractivity contribution in [3.8, 4) is 11.1 Å². The number of hydrogen-bond donors (Lipinski definition) is 1. The van der Waals surface area contributed by atoms with Crippen LogP contribution in [0.3, 0.4) is 0 Å². The average molecular weight is 210 g/mol. The molecule has 0 aliphatic rings. The zero-order valence-corrected chi connectivity index (χ0v) is 9.22. The number of rotatable bonds is 2. The van der Waals surface area contributed by atoms with Gasteiger partial charge in [0.25, 0.3) is 0 Å². The van der Waals surface area contributed by atoms with E-state index in [4.69, 9.17) is 5.73 Å². The van der Waals surface area contributed by atoms with Crippen molar-refractivity contribution < 1.29 is 0 Å². The molecule has 2 nitrogen and oxygen atoms in total. The summed E-state index contributed by atoms with van der Waals surface area (Å²) in [4.78, 5) is 4.21. The fourth-order valence-corrected chi connectivity index (χ4v) is 1.56. The number of aliphatic imine (C=N–C) groups is 1. The van der Waals surface area contributed by atoms with E-state index in [0.717, 1.165) is 11.4 Å². The normalized spacial score (nSPS) is 10.8. The second-order valence-electron chi connectivity index (χ2n) is 3.56. The summed E-state index contributed by atoms with van der Waals surface area (Å²) in [7, 11) is 0. The summed E-state index contributed by atoms with van der Waals surface area (Å²) in [6, 6.07) is 16.0. The Balaban J connectivity index is 2.31. The van der Waals surface area contributed by atoms with Gasteiger partial charge < -0.3 is 5.73 Å². The Bertz CT molecular complexity index is 481. The van der Waals surface area contributed by atoms with Gasteiger partial charge in [0.2, 0.25) is 0 Å². The van der Waals surface area contributed by atoms with Gasteiger partial charge in [-0.15, -0.1) is 0 Å². The van der Waals surface area contributed by atoms with Crippen LogP contribution in [0.2, 0.25) is 0 Å². The van der Waals surface area contributed by atoms with Crippen LogP contribution >= 0.6 is 0 Å². The monoisotopic (exact) mass is 210 g/mol. The highest BCUT2D eigenvalue weighted by Crippen LogP contribution is 2.23. The first-order valence-corrected chi connectivity index (χ1v) is 5.24. The summed E-state index contributed by atoms with van der Waals surface area (Å²) < 4.78 is 0. The number of hydrogen-bond acceptors (Lipinski definition) is 2. The second kappa shape index (κ2) is 4.62. The van der Waals surface area contributed by atoms with Gasteiger partial charge in [-0.3, -0.25) is 4.99 Å². The van der Waals surface area contributed by atoms with Crippen molar-refractivity contribution in [1.82, 2.24) is 0 Å². The van der Waals surface area contributed by atoms with Crippen molar-refractivity contribution in [3.05, 3.63) is 48.5 Å². The first-order chi connectivity index (χ1) is 7.79. The molecule has 0 amide bonds. The Morgan fingerprint density at radius 2 is 1.38 bits per heavy atom. The summed E-state index contributed by atoms with van der Waals surface area (Å²) >= 11 is 0. The maximum Gasteiger partial charge on any atom is 0.0625 e. The van der Waals surface area contributed by atoms with Gasteiger partial charge in [0.1, 0.15) is 0 Å². The van der Waals surface area contributed by atoms with Crippen molar-refractivity contribution in [2.45, 2.75) is 6.92 Å². The first-order valence-electron chi connectivity index (χ1n) is 5.24. The summed E-state index contributed by atoms with van der Waals surface area (Å²) in [5.41, 5.74) is 9.75. The molecule has 2 aromatic carbocycles. The van der Waals surface area contributed by atoms with Crippen molar-refractivity contribution >= 4 is 17.6 Å². The minimum absolute atomic E-state index is 0.788. The molecule has 0 fully saturated rings. The molecule has 0 aliphatic carbocycles. The van der Waals surface area contributed by atoms with Gasteiger partial charge in [0.15, 0.2) is 0 Å². The molecule has 0 spiro atoms. The van der Waals surface area contributed by atoms with E-state index in [-0.39, 0.29) is 0 Å². The van der Waals surface area contributed by atoms with Gasteiger partial charge in [-0.1, -0.05) is 24.3 Å². The molecule has 0 aromatic heterocycles.